The summed E-state index contributed by atoms with van der Waals surface area (Å²) in [5.41, 5.74) is 1.58. The second-order valence-corrected chi connectivity index (χ2v) is 7.63. The number of carbonyl (C=O) groups is 1. The summed E-state index contributed by atoms with van der Waals surface area (Å²) in [4.78, 5) is 32.7. The number of hydrogen-bond acceptors (Lipinski definition) is 7. The van der Waals surface area contributed by atoms with Crippen LogP contribution in [0, 0.1) is 10.1 Å². The molecular formula is C23H24N6O3. The second-order valence-electron chi connectivity index (χ2n) is 7.63. The van der Waals surface area contributed by atoms with Crippen molar-refractivity contribution in [3.05, 3.63) is 82.5 Å². The SMILES string of the molecule is CN1CCN(c2ccc(NC(=O)c3ccc(Nc4ccccc4)c([N+](=O)[O-])c3)cn2)CC1. The van der Waals surface area contributed by atoms with Crippen molar-refractivity contribution < 1.29 is 9.72 Å². The first-order chi connectivity index (χ1) is 15.5. The minimum atomic E-state index is -0.506. The molecule has 0 unspecified atom stereocenters. The molecule has 1 aliphatic heterocycles. The maximum absolute atomic E-state index is 12.7. The summed E-state index contributed by atoms with van der Waals surface area (Å²) >= 11 is 0. The Balaban J connectivity index is 1.46. The van der Waals surface area contributed by atoms with Gasteiger partial charge in [0.1, 0.15) is 11.5 Å². The zero-order valence-corrected chi connectivity index (χ0v) is 17.7. The van der Waals surface area contributed by atoms with E-state index in [1.54, 1.807) is 18.3 Å². The highest BCUT2D eigenvalue weighted by Gasteiger charge is 2.19. The number of nitro benzene ring substituents is 1. The van der Waals surface area contributed by atoms with Gasteiger partial charge in [-0.3, -0.25) is 14.9 Å². The summed E-state index contributed by atoms with van der Waals surface area (Å²) in [6.45, 7) is 3.77. The highest BCUT2D eigenvalue weighted by atomic mass is 16.6. The molecule has 0 atom stereocenters. The van der Waals surface area contributed by atoms with Gasteiger partial charge in [-0.2, -0.15) is 0 Å². The van der Waals surface area contributed by atoms with Gasteiger partial charge in [0.25, 0.3) is 11.6 Å². The van der Waals surface area contributed by atoms with Crippen LogP contribution in [-0.4, -0.2) is 53.9 Å². The van der Waals surface area contributed by atoms with Crippen molar-refractivity contribution >= 4 is 34.5 Å². The van der Waals surface area contributed by atoms with Crippen molar-refractivity contribution in [2.24, 2.45) is 0 Å². The molecule has 1 saturated heterocycles. The topological polar surface area (TPSA) is 104 Å². The smallest absolute Gasteiger partial charge is 0.293 e. The first kappa shape index (κ1) is 21.3. The fourth-order valence-corrected chi connectivity index (χ4v) is 3.49. The van der Waals surface area contributed by atoms with Crippen LogP contribution in [-0.2, 0) is 0 Å². The lowest BCUT2D eigenvalue weighted by Gasteiger charge is -2.33. The lowest BCUT2D eigenvalue weighted by atomic mass is 10.1. The van der Waals surface area contributed by atoms with E-state index in [1.807, 2.05) is 36.4 Å². The zero-order valence-electron chi connectivity index (χ0n) is 17.7. The fraction of sp³-hybridized carbons (Fsp3) is 0.217. The summed E-state index contributed by atoms with van der Waals surface area (Å²) in [5, 5.41) is 17.3. The van der Waals surface area contributed by atoms with E-state index in [0.717, 1.165) is 37.7 Å². The average Bonchev–Trinajstić information content (AvgIpc) is 2.81. The van der Waals surface area contributed by atoms with E-state index in [9.17, 15) is 14.9 Å². The van der Waals surface area contributed by atoms with Crippen molar-refractivity contribution in [1.29, 1.82) is 0 Å². The van der Waals surface area contributed by atoms with Gasteiger partial charge in [-0.1, -0.05) is 18.2 Å². The molecule has 2 aromatic carbocycles. The number of hydrogen-bond donors (Lipinski definition) is 2. The predicted octanol–water partition coefficient (Wildman–Crippen LogP) is 3.74. The third-order valence-electron chi connectivity index (χ3n) is 5.34. The normalized spacial score (nSPS) is 14.1. The van der Waals surface area contributed by atoms with Gasteiger partial charge in [-0.15, -0.1) is 0 Å². The molecule has 32 heavy (non-hydrogen) atoms. The maximum atomic E-state index is 12.7. The zero-order chi connectivity index (χ0) is 22.5. The fourth-order valence-electron chi connectivity index (χ4n) is 3.49. The number of nitro groups is 1. The molecule has 2 heterocycles. The van der Waals surface area contributed by atoms with E-state index < -0.39 is 10.8 Å². The van der Waals surface area contributed by atoms with Crippen LogP contribution in [0.1, 0.15) is 10.4 Å². The average molecular weight is 432 g/mol. The molecule has 0 spiro atoms. The van der Waals surface area contributed by atoms with Gasteiger partial charge < -0.3 is 20.4 Å². The van der Waals surface area contributed by atoms with Crippen molar-refractivity contribution in [3.8, 4) is 0 Å². The van der Waals surface area contributed by atoms with Crippen molar-refractivity contribution in [2.45, 2.75) is 0 Å². The van der Waals surface area contributed by atoms with Crippen molar-refractivity contribution in [3.63, 3.8) is 0 Å². The Morgan fingerprint density at radius 3 is 2.41 bits per heavy atom. The van der Waals surface area contributed by atoms with Crippen LogP contribution in [0.5, 0.6) is 0 Å². The molecule has 1 fully saturated rings. The molecule has 0 saturated carbocycles. The number of nitrogens with one attached hydrogen (secondary N) is 2. The van der Waals surface area contributed by atoms with E-state index in [0.29, 0.717) is 11.4 Å². The Morgan fingerprint density at radius 1 is 1.00 bits per heavy atom. The number of piperazine rings is 1. The number of carbonyl (C=O) groups excluding carboxylic acids is 1. The van der Waals surface area contributed by atoms with Crippen molar-refractivity contribution in [2.75, 3.05) is 48.8 Å². The van der Waals surface area contributed by atoms with Gasteiger partial charge in [-0.25, -0.2) is 4.98 Å². The first-order valence-corrected chi connectivity index (χ1v) is 10.3. The molecule has 9 heteroatoms. The Labute approximate surface area is 185 Å². The van der Waals surface area contributed by atoms with Crippen LogP contribution < -0.4 is 15.5 Å². The minimum Gasteiger partial charge on any atom is -0.354 e. The lowest BCUT2D eigenvalue weighted by Crippen LogP contribution is -2.44. The van der Waals surface area contributed by atoms with Crippen LogP contribution in [0.2, 0.25) is 0 Å². The molecule has 0 aliphatic carbocycles. The highest BCUT2D eigenvalue weighted by Crippen LogP contribution is 2.29. The molecule has 164 valence electrons. The third kappa shape index (κ3) is 5.01. The molecule has 4 rings (SSSR count). The van der Waals surface area contributed by atoms with Crippen molar-refractivity contribution in [1.82, 2.24) is 9.88 Å². The number of aromatic nitrogens is 1. The number of benzene rings is 2. The number of anilines is 4. The molecule has 3 aromatic rings. The van der Waals surface area contributed by atoms with E-state index in [2.05, 4.69) is 32.5 Å². The van der Waals surface area contributed by atoms with Crippen LogP contribution in [0.15, 0.2) is 66.9 Å². The quantitative estimate of drug-likeness (QED) is 0.452. The molecular weight excluding hydrogens is 408 g/mol. The maximum Gasteiger partial charge on any atom is 0.293 e. The summed E-state index contributed by atoms with van der Waals surface area (Å²) in [7, 11) is 2.10. The van der Waals surface area contributed by atoms with Crippen LogP contribution in [0.4, 0.5) is 28.6 Å². The van der Waals surface area contributed by atoms with Gasteiger partial charge in [0, 0.05) is 43.5 Å². The Bertz CT molecular complexity index is 1100. The van der Waals surface area contributed by atoms with Crippen LogP contribution in [0.25, 0.3) is 0 Å². The minimum absolute atomic E-state index is 0.176. The molecule has 2 N–H and O–H groups in total. The largest absolute Gasteiger partial charge is 0.354 e. The lowest BCUT2D eigenvalue weighted by molar-refractivity contribution is -0.383. The van der Waals surface area contributed by atoms with E-state index >= 15 is 0 Å². The molecule has 0 radical (unpaired) electrons. The Hall–Kier alpha value is -3.98. The van der Waals surface area contributed by atoms with Gasteiger partial charge >= 0.3 is 0 Å². The van der Waals surface area contributed by atoms with E-state index in [4.69, 9.17) is 0 Å². The van der Waals surface area contributed by atoms with E-state index in [1.165, 1.54) is 12.1 Å². The summed E-state index contributed by atoms with van der Waals surface area (Å²) in [5.74, 6) is 0.427. The van der Waals surface area contributed by atoms with Gasteiger partial charge in [0.2, 0.25) is 0 Å². The summed E-state index contributed by atoms with van der Waals surface area (Å²) in [6.07, 6.45) is 1.60. The molecule has 9 nitrogen and oxygen atoms in total. The molecule has 1 aliphatic rings. The predicted molar refractivity (Wildman–Crippen MR) is 125 cm³/mol. The number of para-hydroxylation sites is 1. The Morgan fingerprint density at radius 2 is 1.75 bits per heavy atom. The summed E-state index contributed by atoms with van der Waals surface area (Å²) in [6, 6.07) is 17.2. The second kappa shape index (κ2) is 9.44. The molecule has 1 amide bonds. The summed E-state index contributed by atoms with van der Waals surface area (Å²) < 4.78 is 0. The van der Waals surface area contributed by atoms with Crippen LogP contribution >= 0.6 is 0 Å². The monoisotopic (exact) mass is 432 g/mol. The van der Waals surface area contributed by atoms with Crippen LogP contribution in [0.3, 0.4) is 0 Å². The van der Waals surface area contributed by atoms with Gasteiger partial charge in [-0.05, 0) is 43.4 Å². The first-order valence-electron chi connectivity index (χ1n) is 10.3. The number of pyridine rings is 1. The number of amides is 1. The van der Waals surface area contributed by atoms with Gasteiger partial charge in [0.15, 0.2) is 0 Å². The van der Waals surface area contributed by atoms with Gasteiger partial charge in [0.05, 0.1) is 16.8 Å². The number of nitrogens with zero attached hydrogens (tertiary/aromatic N) is 4. The third-order valence-corrected chi connectivity index (χ3v) is 5.34. The number of likely N-dealkylation sites (N-methyl/N-ethyl adjacent to an activating group) is 1. The Kier molecular flexibility index (Phi) is 6.27. The standard InChI is InChI=1S/C23H24N6O3/c1-27-11-13-28(14-12-27)22-10-8-19(16-24-22)26-23(30)17-7-9-20(21(15-17)29(31)32)25-18-5-3-2-4-6-18/h2-10,15-16,25H,11-14H2,1H3,(H,26,30). The molecule has 0 bridgehead atoms. The van der Waals surface area contributed by atoms with E-state index in [-0.39, 0.29) is 11.3 Å². The molecule has 1 aromatic heterocycles. The highest BCUT2D eigenvalue weighted by molar-refractivity contribution is 6.05. The number of rotatable bonds is 6.